The number of likely N-dealkylation sites (tertiary alicyclic amines) is 1. The highest BCUT2D eigenvalue weighted by Crippen LogP contribution is 2.29. The van der Waals surface area contributed by atoms with Crippen LogP contribution in [0.25, 0.3) is 22.2 Å². The lowest BCUT2D eigenvalue weighted by Gasteiger charge is -2.14. The van der Waals surface area contributed by atoms with Gasteiger partial charge in [0, 0.05) is 28.8 Å². The van der Waals surface area contributed by atoms with Crippen LogP contribution >= 0.6 is 11.6 Å². The zero-order chi connectivity index (χ0) is 17.1. The molecule has 0 saturated carbocycles. The van der Waals surface area contributed by atoms with Crippen LogP contribution in [0, 0.1) is 0 Å². The van der Waals surface area contributed by atoms with Crippen molar-refractivity contribution < 1.29 is 4.90 Å². The molecule has 0 amide bonds. The van der Waals surface area contributed by atoms with E-state index in [4.69, 9.17) is 16.6 Å². The molecule has 2 aromatic carbocycles. The summed E-state index contributed by atoms with van der Waals surface area (Å²) >= 11 is 6.20. The number of nitrogens with zero attached hydrogens (tertiary/aromatic N) is 2. The molecule has 5 heteroatoms. The van der Waals surface area contributed by atoms with Crippen molar-refractivity contribution in [2.24, 2.45) is 0 Å². The third-order valence-corrected chi connectivity index (χ3v) is 5.01. The van der Waals surface area contributed by atoms with E-state index in [2.05, 4.69) is 22.4 Å². The molecule has 0 radical (unpaired) electrons. The molecule has 2 N–H and O–H groups in total. The summed E-state index contributed by atoms with van der Waals surface area (Å²) in [4.78, 5) is 11.1. The molecule has 1 aliphatic rings. The van der Waals surface area contributed by atoms with E-state index in [0.29, 0.717) is 11.0 Å². The predicted molar refractivity (Wildman–Crippen MR) is 103 cm³/mol. The highest BCUT2D eigenvalue weighted by Gasteiger charge is 2.15. The van der Waals surface area contributed by atoms with Gasteiger partial charge in [-0.3, -0.25) is 0 Å². The van der Waals surface area contributed by atoms with E-state index in [1.807, 2.05) is 36.4 Å². The fourth-order valence-electron chi connectivity index (χ4n) is 3.47. The van der Waals surface area contributed by atoms with Crippen LogP contribution in [0.5, 0.6) is 0 Å². The Bertz CT molecular complexity index is 860. The second kappa shape index (κ2) is 7.38. The van der Waals surface area contributed by atoms with Gasteiger partial charge in [-0.15, -0.1) is 0 Å². The van der Waals surface area contributed by atoms with Crippen molar-refractivity contribution >= 4 is 28.5 Å². The molecule has 1 aromatic heterocycles. The lowest BCUT2D eigenvalue weighted by Crippen LogP contribution is -3.10. The maximum absolute atomic E-state index is 6.20. The van der Waals surface area contributed by atoms with Crippen molar-refractivity contribution in [2.75, 3.05) is 31.5 Å². The van der Waals surface area contributed by atoms with Gasteiger partial charge in [-0.2, -0.15) is 0 Å². The van der Waals surface area contributed by atoms with Crippen molar-refractivity contribution in [3.05, 3.63) is 53.6 Å². The first kappa shape index (κ1) is 16.3. The quantitative estimate of drug-likeness (QED) is 0.741. The predicted octanol–water partition coefficient (Wildman–Crippen LogP) is 3.04. The van der Waals surface area contributed by atoms with Gasteiger partial charge in [0.15, 0.2) is 0 Å². The largest absolute Gasteiger partial charge is 0.349 e. The molecule has 2 heterocycles. The van der Waals surface area contributed by atoms with E-state index in [0.717, 1.165) is 35.2 Å². The summed E-state index contributed by atoms with van der Waals surface area (Å²) in [6.45, 7) is 4.58. The van der Waals surface area contributed by atoms with Crippen molar-refractivity contribution in [2.45, 2.75) is 12.8 Å². The van der Waals surface area contributed by atoms with Crippen molar-refractivity contribution in [3.63, 3.8) is 0 Å². The molecule has 128 valence electrons. The van der Waals surface area contributed by atoms with Gasteiger partial charge >= 0.3 is 0 Å². The minimum absolute atomic E-state index is 0.687. The minimum Gasteiger partial charge on any atom is -0.349 e. The van der Waals surface area contributed by atoms with E-state index in [9.17, 15) is 0 Å². The van der Waals surface area contributed by atoms with Crippen LogP contribution in [-0.2, 0) is 0 Å². The van der Waals surface area contributed by atoms with Gasteiger partial charge in [0.25, 0.3) is 0 Å². The summed E-state index contributed by atoms with van der Waals surface area (Å²) in [6.07, 6.45) is 2.70. The monoisotopic (exact) mass is 353 g/mol. The first-order valence-corrected chi connectivity index (χ1v) is 9.27. The van der Waals surface area contributed by atoms with E-state index in [1.165, 1.54) is 25.9 Å². The minimum atomic E-state index is 0.687. The smallest absolute Gasteiger partial charge is 0.224 e. The number of anilines is 1. The molecule has 0 spiro atoms. The SMILES string of the molecule is Clc1ccc2nc(NCC[NH+]3CCCC3)nc(-c3ccccc3)c2c1. The van der Waals surface area contributed by atoms with Crippen LogP contribution in [0.15, 0.2) is 48.5 Å². The summed E-state index contributed by atoms with van der Waals surface area (Å²) in [6, 6.07) is 16.0. The zero-order valence-corrected chi connectivity index (χ0v) is 14.9. The van der Waals surface area contributed by atoms with Crippen LogP contribution in [0.4, 0.5) is 5.95 Å². The Morgan fingerprint density at radius 3 is 2.60 bits per heavy atom. The molecule has 1 aliphatic heterocycles. The molecule has 3 aromatic rings. The first-order chi connectivity index (χ1) is 12.3. The number of hydrogen-bond donors (Lipinski definition) is 2. The van der Waals surface area contributed by atoms with Crippen LogP contribution in [0.3, 0.4) is 0 Å². The number of nitrogens with one attached hydrogen (secondary N) is 2. The van der Waals surface area contributed by atoms with Crippen molar-refractivity contribution in [3.8, 4) is 11.3 Å². The fraction of sp³-hybridized carbons (Fsp3) is 0.300. The van der Waals surface area contributed by atoms with E-state index >= 15 is 0 Å². The van der Waals surface area contributed by atoms with Gasteiger partial charge in [-0.1, -0.05) is 41.9 Å². The van der Waals surface area contributed by atoms with Crippen LogP contribution < -0.4 is 10.2 Å². The van der Waals surface area contributed by atoms with Crippen LogP contribution in [0.1, 0.15) is 12.8 Å². The third kappa shape index (κ3) is 3.75. The molecule has 0 bridgehead atoms. The zero-order valence-electron chi connectivity index (χ0n) is 14.1. The number of hydrogen-bond acceptors (Lipinski definition) is 3. The summed E-state index contributed by atoms with van der Waals surface area (Å²) in [5.74, 6) is 0.687. The number of fused-ring (bicyclic) bond motifs is 1. The van der Waals surface area contributed by atoms with Crippen molar-refractivity contribution in [1.29, 1.82) is 0 Å². The third-order valence-electron chi connectivity index (χ3n) is 4.78. The summed E-state index contributed by atoms with van der Waals surface area (Å²) in [7, 11) is 0. The number of quaternary nitrogens is 1. The molecular weight excluding hydrogens is 332 g/mol. The van der Waals surface area contributed by atoms with E-state index < -0.39 is 0 Å². The van der Waals surface area contributed by atoms with Crippen LogP contribution in [-0.4, -0.2) is 36.1 Å². The Labute approximate surface area is 152 Å². The summed E-state index contributed by atoms with van der Waals surface area (Å²) < 4.78 is 0. The number of benzene rings is 2. The topological polar surface area (TPSA) is 42.2 Å². The molecule has 0 unspecified atom stereocenters. The van der Waals surface area contributed by atoms with Gasteiger partial charge in [0.05, 0.1) is 37.4 Å². The average Bonchev–Trinajstić information content (AvgIpc) is 3.15. The van der Waals surface area contributed by atoms with Crippen LogP contribution in [0.2, 0.25) is 5.02 Å². The molecule has 4 rings (SSSR count). The number of aromatic nitrogens is 2. The maximum atomic E-state index is 6.20. The molecule has 0 aliphatic carbocycles. The highest BCUT2D eigenvalue weighted by molar-refractivity contribution is 6.31. The lowest BCUT2D eigenvalue weighted by atomic mass is 10.1. The highest BCUT2D eigenvalue weighted by atomic mass is 35.5. The maximum Gasteiger partial charge on any atom is 0.224 e. The molecule has 25 heavy (non-hydrogen) atoms. The average molecular weight is 354 g/mol. The normalized spacial score (nSPS) is 14.9. The van der Waals surface area contributed by atoms with Gasteiger partial charge in [0.1, 0.15) is 0 Å². The second-order valence-electron chi connectivity index (χ2n) is 6.56. The van der Waals surface area contributed by atoms with Gasteiger partial charge in [-0.05, 0) is 18.2 Å². The lowest BCUT2D eigenvalue weighted by molar-refractivity contribution is -0.885. The first-order valence-electron chi connectivity index (χ1n) is 8.90. The fourth-order valence-corrected chi connectivity index (χ4v) is 3.64. The van der Waals surface area contributed by atoms with Gasteiger partial charge < -0.3 is 10.2 Å². The van der Waals surface area contributed by atoms with E-state index in [1.54, 1.807) is 4.90 Å². The Morgan fingerprint density at radius 2 is 1.80 bits per heavy atom. The number of halogens is 1. The molecule has 1 fully saturated rings. The summed E-state index contributed by atoms with van der Waals surface area (Å²) in [5, 5.41) is 5.09. The standard InChI is InChI=1S/C20H21ClN4/c21-16-8-9-18-17(14-16)19(15-6-2-1-3-7-15)24-20(23-18)22-10-13-25-11-4-5-12-25/h1-3,6-9,14H,4-5,10-13H2,(H,22,23,24)/p+1. The Hall–Kier alpha value is -2.17. The Kier molecular flexibility index (Phi) is 4.81. The van der Waals surface area contributed by atoms with Gasteiger partial charge in [0.2, 0.25) is 5.95 Å². The summed E-state index contributed by atoms with van der Waals surface area (Å²) in [5.41, 5.74) is 2.91. The van der Waals surface area contributed by atoms with Crippen molar-refractivity contribution in [1.82, 2.24) is 9.97 Å². The second-order valence-corrected chi connectivity index (χ2v) is 6.99. The molecule has 4 nitrogen and oxygen atoms in total. The van der Waals surface area contributed by atoms with E-state index in [-0.39, 0.29) is 0 Å². The molecular formula is C20H22ClN4+. The Morgan fingerprint density at radius 1 is 1.00 bits per heavy atom. The Balaban J connectivity index is 1.64. The number of rotatable bonds is 5. The molecule has 1 saturated heterocycles. The molecule has 0 atom stereocenters. The van der Waals surface area contributed by atoms with Gasteiger partial charge in [-0.25, -0.2) is 9.97 Å².